The minimum Gasteiger partial charge on any atom is -0.345 e. The van der Waals surface area contributed by atoms with Crippen LogP contribution in [-0.4, -0.2) is 34.4 Å². The molecule has 1 amide bonds. The van der Waals surface area contributed by atoms with Crippen molar-refractivity contribution in [2.45, 2.75) is 25.7 Å². The molecule has 1 aliphatic rings. The number of carbonyl (C=O) groups excluding carboxylic acids is 1. The van der Waals surface area contributed by atoms with Crippen molar-refractivity contribution in [3.63, 3.8) is 0 Å². The zero-order valence-corrected chi connectivity index (χ0v) is 16.6. The Morgan fingerprint density at radius 2 is 1.57 bits per heavy atom. The van der Waals surface area contributed by atoms with E-state index in [1.165, 1.54) is 5.56 Å². The lowest BCUT2D eigenvalue weighted by molar-refractivity contribution is -0.119. The van der Waals surface area contributed by atoms with Gasteiger partial charge in [-0.15, -0.1) is 0 Å². The fourth-order valence-corrected chi connectivity index (χ4v) is 3.76. The molecular weight excluding hydrogens is 370 g/mol. The molecule has 0 unspecified atom stereocenters. The van der Waals surface area contributed by atoms with Crippen LogP contribution >= 0.6 is 11.6 Å². The van der Waals surface area contributed by atoms with E-state index in [-0.39, 0.29) is 0 Å². The highest BCUT2D eigenvalue weighted by Crippen LogP contribution is 2.33. The lowest BCUT2D eigenvalue weighted by Crippen LogP contribution is -2.32. The lowest BCUT2D eigenvalue weighted by Gasteiger charge is -2.29. The molecule has 3 aromatic rings. The van der Waals surface area contributed by atoms with Crippen molar-refractivity contribution in [1.29, 1.82) is 0 Å². The van der Waals surface area contributed by atoms with E-state index in [4.69, 9.17) is 21.6 Å². The van der Waals surface area contributed by atoms with Crippen LogP contribution in [0.4, 0.5) is 0 Å². The van der Waals surface area contributed by atoms with E-state index in [2.05, 4.69) is 31.2 Å². The van der Waals surface area contributed by atoms with Crippen LogP contribution in [0.25, 0.3) is 22.5 Å². The fraction of sp³-hybridized carbons (Fsp3) is 0.261. The Morgan fingerprint density at radius 1 is 0.964 bits per heavy atom. The number of piperidine rings is 1. The second-order valence-corrected chi connectivity index (χ2v) is 7.72. The molecule has 1 fully saturated rings. The Labute approximate surface area is 170 Å². The molecule has 28 heavy (non-hydrogen) atoms. The van der Waals surface area contributed by atoms with Gasteiger partial charge in [-0.2, -0.15) is 0 Å². The summed E-state index contributed by atoms with van der Waals surface area (Å²) in [6, 6.07) is 16.1. The third kappa shape index (κ3) is 3.92. The Hall–Kier alpha value is -2.72. The van der Waals surface area contributed by atoms with Crippen molar-refractivity contribution >= 4 is 18.0 Å². The minimum absolute atomic E-state index is 0.326. The van der Waals surface area contributed by atoms with E-state index in [9.17, 15) is 4.79 Å². The molecular formula is C23H22ClN3O. The van der Waals surface area contributed by atoms with Gasteiger partial charge in [0.15, 0.2) is 0 Å². The van der Waals surface area contributed by atoms with E-state index >= 15 is 0 Å². The summed E-state index contributed by atoms with van der Waals surface area (Å²) in [5.74, 6) is 0.326. The number of rotatable bonds is 4. The lowest BCUT2D eigenvalue weighted by atomic mass is 9.93. The molecule has 1 saturated heterocycles. The van der Waals surface area contributed by atoms with Crippen LogP contribution in [0, 0.1) is 6.92 Å². The first-order valence-electron chi connectivity index (χ1n) is 9.53. The quantitative estimate of drug-likeness (QED) is 0.580. The van der Waals surface area contributed by atoms with Crippen LogP contribution in [-0.2, 0) is 4.79 Å². The van der Waals surface area contributed by atoms with Gasteiger partial charge in [0.05, 0.1) is 17.1 Å². The predicted octanol–water partition coefficient (Wildman–Crippen LogP) is 5.11. The van der Waals surface area contributed by atoms with Gasteiger partial charge in [-0.1, -0.05) is 53.6 Å². The number of hydrogen-bond acceptors (Lipinski definition) is 3. The average molecular weight is 392 g/mol. The molecule has 1 aromatic heterocycles. The van der Waals surface area contributed by atoms with Crippen molar-refractivity contribution in [1.82, 2.24) is 14.9 Å². The number of amides is 1. The Kier molecular flexibility index (Phi) is 5.40. The normalized spacial score (nSPS) is 14.9. The summed E-state index contributed by atoms with van der Waals surface area (Å²) < 4.78 is 0. The number of hydrogen-bond donors (Lipinski definition) is 0. The molecule has 0 aliphatic carbocycles. The molecule has 1 aliphatic heterocycles. The smallest absolute Gasteiger partial charge is 0.209 e. The number of likely N-dealkylation sites (tertiary alicyclic amines) is 1. The molecule has 5 heteroatoms. The van der Waals surface area contributed by atoms with E-state index in [0.29, 0.717) is 10.9 Å². The first kappa shape index (κ1) is 18.6. The average Bonchev–Trinajstić information content (AvgIpc) is 2.75. The first-order valence-corrected chi connectivity index (χ1v) is 9.91. The molecule has 0 radical (unpaired) electrons. The molecule has 2 heterocycles. The van der Waals surface area contributed by atoms with Gasteiger partial charge in [0.2, 0.25) is 6.41 Å². The summed E-state index contributed by atoms with van der Waals surface area (Å²) in [4.78, 5) is 22.7. The monoisotopic (exact) mass is 391 g/mol. The number of aryl methyl sites for hydroxylation is 1. The number of aromatic nitrogens is 2. The van der Waals surface area contributed by atoms with Gasteiger partial charge in [0.1, 0.15) is 0 Å². The van der Waals surface area contributed by atoms with Gasteiger partial charge in [-0.3, -0.25) is 9.78 Å². The third-order valence-corrected chi connectivity index (χ3v) is 5.58. The summed E-state index contributed by atoms with van der Waals surface area (Å²) in [5.41, 5.74) is 6.00. The van der Waals surface area contributed by atoms with E-state index in [1.807, 2.05) is 35.4 Å². The van der Waals surface area contributed by atoms with E-state index in [0.717, 1.165) is 60.5 Å². The van der Waals surface area contributed by atoms with Crippen LogP contribution in [0.3, 0.4) is 0 Å². The van der Waals surface area contributed by atoms with Gasteiger partial charge in [-0.05, 0) is 31.9 Å². The third-order valence-electron chi connectivity index (χ3n) is 5.33. The van der Waals surface area contributed by atoms with Crippen molar-refractivity contribution < 1.29 is 4.79 Å². The van der Waals surface area contributed by atoms with Crippen molar-refractivity contribution in [3.8, 4) is 22.5 Å². The minimum atomic E-state index is 0.326. The number of benzene rings is 2. The molecule has 0 saturated carbocycles. The van der Waals surface area contributed by atoms with Gasteiger partial charge in [-0.25, -0.2) is 4.98 Å². The molecule has 4 rings (SSSR count). The Bertz CT molecular complexity index is 962. The molecule has 2 aromatic carbocycles. The molecule has 142 valence electrons. The summed E-state index contributed by atoms with van der Waals surface area (Å²) in [5, 5.41) is 0.701. The van der Waals surface area contributed by atoms with Crippen molar-refractivity contribution in [3.05, 3.63) is 71.0 Å². The van der Waals surface area contributed by atoms with Crippen LogP contribution in [0.15, 0.2) is 54.7 Å². The maximum Gasteiger partial charge on any atom is 0.209 e. The topological polar surface area (TPSA) is 46.1 Å². The maximum absolute atomic E-state index is 11.0. The summed E-state index contributed by atoms with van der Waals surface area (Å²) in [7, 11) is 0. The molecule has 0 spiro atoms. The standard InChI is InChI=1S/C23H22ClN3O/c1-16-2-4-19(5-3-16)23-22(18-6-8-20(24)9-7-18)25-14-21(26-23)17-10-12-27(15-28)13-11-17/h2-9,14-15,17H,10-13H2,1H3. The van der Waals surface area contributed by atoms with E-state index < -0.39 is 0 Å². The highest BCUT2D eigenvalue weighted by atomic mass is 35.5. The van der Waals surface area contributed by atoms with Crippen molar-refractivity contribution in [2.75, 3.05) is 13.1 Å². The van der Waals surface area contributed by atoms with Crippen LogP contribution < -0.4 is 0 Å². The summed E-state index contributed by atoms with van der Waals surface area (Å²) in [6.45, 7) is 3.62. The second kappa shape index (κ2) is 8.11. The fourth-order valence-electron chi connectivity index (χ4n) is 3.63. The zero-order chi connectivity index (χ0) is 19.5. The largest absolute Gasteiger partial charge is 0.345 e. The van der Waals surface area contributed by atoms with Gasteiger partial charge in [0.25, 0.3) is 0 Å². The van der Waals surface area contributed by atoms with Gasteiger partial charge in [0, 0.05) is 41.4 Å². The molecule has 4 nitrogen and oxygen atoms in total. The molecule has 0 bridgehead atoms. The van der Waals surface area contributed by atoms with Gasteiger partial charge < -0.3 is 4.90 Å². The number of nitrogens with zero attached hydrogens (tertiary/aromatic N) is 3. The summed E-state index contributed by atoms with van der Waals surface area (Å²) in [6.07, 6.45) is 4.66. The van der Waals surface area contributed by atoms with Gasteiger partial charge >= 0.3 is 0 Å². The maximum atomic E-state index is 11.0. The SMILES string of the molecule is Cc1ccc(-c2nc(C3CCN(C=O)CC3)cnc2-c2ccc(Cl)cc2)cc1. The highest BCUT2D eigenvalue weighted by Gasteiger charge is 2.22. The van der Waals surface area contributed by atoms with Crippen LogP contribution in [0.5, 0.6) is 0 Å². The zero-order valence-electron chi connectivity index (χ0n) is 15.8. The Balaban J connectivity index is 1.75. The number of carbonyl (C=O) groups is 1. The predicted molar refractivity (Wildman–Crippen MR) is 112 cm³/mol. The summed E-state index contributed by atoms with van der Waals surface area (Å²) >= 11 is 6.06. The van der Waals surface area contributed by atoms with E-state index in [1.54, 1.807) is 0 Å². The first-order chi connectivity index (χ1) is 13.6. The molecule has 0 atom stereocenters. The number of halogens is 1. The Morgan fingerprint density at radius 3 is 2.21 bits per heavy atom. The molecule has 0 N–H and O–H groups in total. The van der Waals surface area contributed by atoms with Crippen molar-refractivity contribution in [2.24, 2.45) is 0 Å². The van der Waals surface area contributed by atoms with Crippen LogP contribution in [0.2, 0.25) is 5.02 Å². The second-order valence-electron chi connectivity index (χ2n) is 7.28. The highest BCUT2D eigenvalue weighted by molar-refractivity contribution is 6.30. The van der Waals surface area contributed by atoms with Crippen LogP contribution in [0.1, 0.15) is 30.0 Å².